The van der Waals surface area contributed by atoms with Gasteiger partial charge in [0.2, 0.25) is 0 Å². The zero-order chi connectivity index (χ0) is 16.3. The number of hydrogen-bond donors (Lipinski definition) is 1. The quantitative estimate of drug-likeness (QED) is 0.828. The van der Waals surface area contributed by atoms with Gasteiger partial charge in [0.1, 0.15) is 11.3 Å². The van der Waals surface area contributed by atoms with Crippen molar-refractivity contribution in [2.45, 2.75) is 16.7 Å². The standard InChI is InChI=1S/C16H14N4O2S/c1-23-11-4-2-10(3-5-11)12-14(8-17)13(19)20-16(15(12,14)9-18)21-6-7-22-16/h2-5,12H,6-7H2,1H3,(H2,19,20)/t12-,14-,15+/m0/s1. The van der Waals surface area contributed by atoms with Gasteiger partial charge in [-0.2, -0.15) is 10.5 Å². The Bertz CT molecular complexity index is 788. The van der Waals surface area contributed by atoms with Crippen molar-refractivity contribution in [1.82, 2.24) is 0 Å². The average molecular weight is 326 g/mol. The number of fused-ring (bicyclic) bond motifs is 2. The smallest absolute Gasteiger partial charge is 0.293 e. The number of nitrogens with two attached hydrogens (primary N) is 1. The average Bonchev–Trinajstić information content (AvgIpc) is 2.83. The molecule has 6 nitrogen and oxygen atoms in total. The summed E-state index contributed by atoms with van der Waals surface area (Å²) in [6.07, 6.45) is 1.99. The van der Waals surface area contributed by atoms with Gasteiger partial charge in [-0.25, -0.2) is 4.99 Å². The van der Waals surface area contributed by atoms with Crippen LogP contribution in [0.4, 0.5) is 0 Å². The number of nitrogens with zero attached hydrogens (tertiary/aromatic N) is 3. The molecule has 1 aromatic rings. The van der Waals surface area contributed by atoms with Crippen LogP contribution < -0.4 is 5.73 Å². The van der Waals surface area contributed by atoms with Crippen LogP contribution >= 0.6 is 11.8 Å². The van der Waals surface area contributed by atoms with Crippen molar-refractivity contribution in [2.24, 2.45) is 21.6 Å². The van der Waals surface area contributed by atoms with E-state index in [-0.39, 0.29) is 5.84 Å². The Morgan fingerprint density at radius 3 is 2.39 bits per heavy atom. The summed E-state index contributed by atoms with van der Waals surface area (Å²) in [5, 5.41) is 19.8. The minimum absolute atomic E-state index is 0.127. The molecule has 4 rings (SSSR count). The number of aliphatic imine (C=N–C) groups is 1. The van der Waals surface area contributed by atoms with Gasteiger partial charge in [-0.3, -0.25) is 0 Å². The van der Waals surface area contributed by atoms with Crippen LogP contribution in [0.5, 0.6) is 0 Å². The Labute approximate surface area is 137 Å². The maximum Gasteiger partial charge on any atom is 0.293 e. The van der Waals surface area contributed by atoms with Crippen LogP contribution in [-0.2, 0) is 9.47 Å². The van der Waals surface area contributed by atoms with E-state index in [4.69, 9.17) is 15.2 Å². The first-order chi connectivity index (χ1) is 11.1. The predicted octanol–water partition coefficient (Wildman–Crippen LogP) is 1.60. The van der Waals surface area contributed by atoms with Crippen molar-refractivity contribution in [2.75, 3.05) is 19.5 Å². The van der Waals surface area contributed by atoms with Crippen molar-refractivity contribution < 1.29 is 9.47 Å². The fraction of sp³-hybridized carbons (Fsp3) is 0.438. The molecule has 2 fully saturated rings. The van der Waals surface area contributed by atoms with E-state index in [0.717, 1.165) is 10.5 Å². The lowest BCUT2D eigenvalue weighted by molar-refractivity contribution is -0.184. The van der Waals surface area contributed by atoms with Gasteiger partial charge >= 0.3 is 0 Å². The topological polar surface area (TPSA) is 104 Å². The molecule has 7 heteroatoms. The van der Waals surface area contributed by atoms with Gasteiger partial charge in [-0.05, 0) is 24.0 Å². The second kappa shape index (κ2) is 4.48. The molecule has 2 N–H and O–H groups in total. The van der Waals surface area contributed by atoms with E-state index in [1.54, 1.807) is 11.8 Å². The fourth-order valence-corrected chi connectivity index (χ4v) is 4.42. The molecule has 0 amide bonds. The van der Waals surface area contributed by atoms with Crippen LogP contribution in [0.3, 0.4) is 0 Å². The molecule has 0 unspecified atom stereocenters. The Hall–Kier alpha value is -2.06. The number of ether oxygens (including phenoxy) is 2. The number of amidine groups is 1. The Morgan fingerprint density at radius 1 is 1.22 bits per heavy atom. The normalized spacial score (nSPS) is 36.1. The van der Waals surface area contributed by atoms with E-state index in [0.29, 0.717) is 13.2 Å². The van der Waals surface area contributed by atoms with Crippen LogP contribution in [0.15, 0.2) is 34.2 Å². The molecule has 23 heavy (non-hydrogen) atoms. The minimum atomic E-state index is -1.45. The van der Waals surface area contributed by atoms with Crippen LogP contribution in [-0.4, -0.2) is 31.2 Å². The summed E-state index contributed by atoms with van der Waals surface area (Å²) in [5.74, 6) is -1.73. The lowest BCUT2D eigenvalue weighted by atomic mass is 9.94. The number of benzene rings is 1. The maximum absolute atomic E-state index is 9.95. The van der Waals surface area contributed by atoms with Gasteiger partial charge in [-0.15, -0.1) is 11.8 Å². The molecule has 3 aliphatic rings. The fourth-order valence-electron chi connectivity index (χ4n) is 4.01. The molecule has 0 bridgehead atoms. The second-order valence-corrected chi connectivity index (χ2v) is 6.70. The van der Waals surface area contributed by atoms with Crippen LogP contribution in [0.1, 0.15) is 11.5 Å². The van der Waals surface area contributed by atoms with Crippen molar-refractivity contribution >= 4 is 17.6 Å². The van der Waals surface area contributed by atoms with Crippen molar-refractivity contribution in [3.05, 3.63) is 29.8 Å². The van der Waals surface area contributed by atoms with Crippen molar-refractivity contribution in [3.8, 4) is 12.1 Å². The molecule has 1 saturated carbocycles. The summed E-state index contributed by atoms with van der Waals surface area (Å²) in [6.45, 7) is 0.666. The number of nitriles is 2. The Morgan fingerprint density at radius 2 is 1.87 bits per heavy atom. The molecule has 116 valence electrons. The zero-order valence-electron chi connectivity index (χ0n) is 12.4. The highest BCUT2D eigenvalue weighted by molar-refractivity contribution is 7.98. The van der Waals surface area contributed by atoms with Gasteiger partial charge in [0.25, 0.3) is 5.91 Å². The van der Waals surface area contributed by atoms with Gasteiger partial charge in [0.15, 0.2) is 5.41 Å². The summed E-state index contributed by atoms with van der Waals surface area (Å²) >= 11 is 1.63. The molecule has 2 aliphatic heterocycles. The first-order valence-electron chi connectivity index (χ1n) is 7.22. The Balaban J connectivity index is 1.87. The molecule has 0 radical (unpaired) electrons. The van der Waals surface area contributed by atoms with E-state index in [2.05, 4.69) is 17.1 Å². The molecule has 1 spiro atoms. The molecule has 1 aliphatic carbocycles. The van der Waals surface area contributed by atoms with Gasteiger partial charge < -0.3 is 15.2 Å². The Kier molecular flexibility index (Phi) is 2.83. The number of rotatable bonds is 2. The van der Waals surface area contributed by atoms with Crippen LogP contribution in [0.25, 0.3) is 0 Å². The van der Waals surface area contributed by atoms with Gasteiger partial charge in [0, 0.05) is 10.8 Å². The van der Waals surface area contributed by atoms with Crippen molar-refractivity contribution in [3.63, 3.8) is 0 Å². The number of thioether (sulfide) groups is 1. The highest BCUT2D eigenvalue weighted by atomic mass is 32.2. The summed E-state index contributed by atoms with van der Waals surface area (Å²) in [6, 6.07) is 12.3. The molecule has 1 aromatic carbocycles. The first-order valence-corrected chi connectivity index (χ1v) is 8.44. The highest BCUT2D eigenvalue weighted by Crippen LogP contribution is 2.82. The van der Waals surface area contributed by atoms with Crippen LogP contribution in [0.2, 0.25) is 0 Å². The molecular formula is C16H14N4O2S. The molecule has 1 saturated heterocycles. The van der Waals surface area contributed by atoms with Crippen LogP contribution in [0, 0.1) is 33.5 Å². The maximum atomic E-state index is 9.95. The minimum Gasteiger partial charge on any atom is -0.386 e. The summed E-state index contributed by atoms with van der Waals surface area (Å²) in [5.41, 5.74) is 4.54. The molecular weight excluding hydrogens is 312 g/mol. The molecule has 3 atom stereocenters. The largest absolute Gasteiger partial charge is 0.386 e. The molecule has 2 heterocycles. The summed E-state index contributed by atoms with van der Waals surface area (Å²) in [7, 11) is 0. The lowest BCUT2D eigenvalue weighted by Crippen LogP contribution is -2.38. The third kappa shape index (κ3) is 1.39. The van der Waals surface area contributed by atoms with E-state index in [1.807, 2.05) is 30.5 Å². The SMILES string of the molecule is CSc1ccc([C@@H]2[C@@]3(C#N)C4(N=C(N)[C@]23C#N)OCCO4)cc1. The zero-order valence-corrected chi connectivity index (χ0v) is 13.3. The van der Waals surface area contributed by atoms with E-state index in [1.165, 1.54) is 0 Å². The number of hydrogen-bond acceptors (Lipinski definition) is 7. The van der Waals surface area contributed by atoms with E-state index >= 15 is 0 Å². The third-order valence-electron chi connectivity index (χ3n) is 5.06. The van der Waals surface area contributed by atoms with E-state index in [9.17, 15) is 10.5 Å². The first kappa shape index (κ1) is 14.5. The highest BCUT2D eigenvalue weighted by Gasteiger charge is 2.94. The molecule has 0 aromatic heterocycles. The summed E-state index contributed by atoms with van der Waals surface area (Å²) < 4.78 is 11.4. The lowest BCUT2D eigenvalue weighted by Gasteiger charge is -2.25. The van der Waals surface area contributed by atoms with Gasteiger partial charge in [0.05, 0.1) is 25.4 Å². The summed E-state index contributed by atoms with van der Waals surface area (Å²) in [4.78, 5) is 5.36. The van der Waals surface area contributed by atoms with E-state index < -0.39 is 22.7 Å². The second-order valence-electron chi connectivity index (χ2n) is 5.82. The predicted molar refractivity (Wildman–Crippen MR) is 83.3 cm³/mol. The van der Waals surface area contributed by atoms with Crippen molar-refractivity contribution in [1.29, 1.82) is 10.5 Å². The monoisotopic (exact) mass is 326 g/mol. The third-order valence-corrected chi connectivity index (χ3v) is 5.80. The van der Waals surface area contributed by atoms with Gasteiger partial charge in [-0.1, -0.05) is 12.1 Å².